The van der Waals surface area contributed by atoms with E-state index >= 15 is 0 Å². The van der Waals surface area contributed by atoms with Crippen molar-refractivity contribution in [2.24, 2.45) is 5.73 Å². The van der Waals surface area contributed by atoms with Crippen LogP contribution in [0, 0.1) is 5.41 Å². The molecule has 0 aliphatic rings. The second kappa shape index (κ2) is 8.39. The molecule has 9 heteroatoms. The van der Waals surface area contributed by atoms with E-state index in [1.807, 2.05) is 0 Å². The predicted octanol–water partition coefficient (Wildman–Crippen LogP) is 0.397. The molecule has 0 atom stereocenters. The number of rotatable bonds is 8. The van der Waals surface area contributed by atoms with E-state index in [0.29, 0.717) is 17.1 Å². The van der Waals surface area contributed by atoms with Crippen LogP contribution in [-0.2, 0) is 9.59 Å². The topological polar surface area (TPSA) is 151 Å². The van der Waals surface area contributed by atoms with Crippen molar-refractivity contribution < 1.29 is 19.4 Å². The summed E-state index contributed by atoms with van der Waals surface area (Å²) in [6, 6.07) is 6.81. The van der Waals surface area contributed by atoms with Crippen LogP contribution < -0.4 is 15.8 Å². The van der Waals surface area contributed by atoms with Crippen LogP contribution in [0.3, 0.4) is 0 Å². The summed E-state index contributed by atoms with van der Waals surface area (Å²) in [6.07, 6.45) is 2.80. The number of hydrogen-bond donors (Lipinski definition) is 4. The number of ether oxygens (including phenoxy) is 1. The molecule has 0 radical (unpaired) electrons. The van der Waals surface area contributed by atoms with Crippen LogP contribution in [0.2, 0.25) is 0 Å². The molecule has 2 rings (SSSR count). The van der Waals surface area contributed by atoms with Gasteiger partial charge in [0.15, 0.2) is 12.4 Å². The summed E-state index contributed by atoms with van der Waals surface area (Å²) in [4.78, 5) is 30.1. The van der Waals surface area contributed by atoms with Crippen molar-refractivity contribution in [2.75, 3.05) is 13.2 Å². The first-order chi connectivity index (χ1) is 12.0. The molecule has 0 fully saturated rings. The standard InChI is InChI=1S/C16H17N5O4/c17-15(18)11-7-20-16(21-8-11)10-1-3-12(4-2-10)25-9-13(22)19-6-5-14(23)24/h1-4,7-8H,5-6,9H2,(H3,17,18)(H,19,22)(H,23,24). The van der Waals surface area contributed by atoms with E-state index in [0.717, 1.165) is 5.56 Å². The molecule has 0 saturated heterocycles. The van der Waals surface area contributed by atoms with Gasteiger partial charge in [-0.2, -0.15) is 0 Å². The van der Waals surface area contributed by atoms with Gasteiger partial charge in [-0.15, -0.1) is 0 Å². The largest absolute Gasteiger partial charge is 0.484 e. The summed E-state index contributed by atoms with van der Waals surface area (Å²) in [6.45, 7) is -0.146. The SMILES string of the molecule is N=C(N)c1cnc(-c2ccc(OCC(=O)NCCC(=O)O)cc2)nc1. The minimum Gasteiger partial charge on any atom is -0.484 e. The molecule has 0 unspecified atom stereocenters. The first-order valence-electron chi connectivity index (χ1n) is 7.34. The Bertz CT molecular complexity index is 759. The summed E-state index contributed by atoms with van der Waals surface area (Å²) in [5, 5.41) is 18.2. The van der Waals surface area contributed by atoms with E-state index in [9.17, 15) is 9.59 Å². The average Bonchev–Trinajstić information content (AvgIpc) is 2.60. The number of carbonyl (C=O) groups excluding carboxylic acids is 1. The first-order valence-corrected chi connectivity index (χ1v) is 7.34. The third kappa shape index (κ3) is 5.57. The van der Waals surface area contributed by atoms with Crippen LogP contribution >= 0.6 is 0 Å². The highest BCUT2D eigenvalue weighted by atomic mass is 16.5. The molecular weight excluding hydrogens is 326 g/mol. The van der Waals surface area contributed by atoms with Crippen LogP contribution in [0.4, 0.5) is 0 Å². The van der Waals surface area contributed by atoms with Crippen LogP contribution in [0.15, 0.2) is 36.7 Å². The van der Waals surface area contributed by atoms with Crippen molar-refractivity contribution in [3.63, 3.8) is 0 Å². The third-order valence-electron chi connectivity index (χ3n) is 3.11. The van der Waals surface area contributed by atoms with Gasteiger partial charge in [0, 0.05) is 24.5 Å². The Labute approximate surface area is 143 Å². The molecule has 0 aliphatic carbocycles. The lowest BCUT2D eigenvalue weighted by Gasteiger charge is -2.07. The summed E-state index contributed by atoms with van der Waals surface area (Å²) < 4.78 is 5.32. The maximum atomic E-state index is 11.5. The monoisotopic (exact) mass is 343 g/mol. The molecule has 1 aromatic heterocycles. The molecule has 1 amide bonds. The predicted molar refractivity (Wildman–Crippen MR) is 89.2 cm³/mol. The summed E-state index contributed by atoms with van der Waals surface area (Å²) in [5.41, 5.74) is 6.54. The lowest BCUT2D eigenvalue weighted by molar-refractivity contribution is -0.137. The molecule has 0 saturated carbocycles. The number of nitrogens with zero attached hydrogens (tertiary/aromatic N) is 2. The molecular formula is C16H17N5O4. The van der Waals surface area contributed by atoms with Gasteiger partial charge in [0.2, 0.25) is 0 Å². The first kappa shape index (κ1) is 17.9. The van der Waals surface area contributed by atoms with Crippen molar-refractivity contribution in [2.45, 2.75) is 6.42 Å². The van der Waals surface area contributed by atoms with Crippen molar-refractivity contribution >= 4 is 17.7 Å². The lowest BCUT2D eigenvalue weighted by Crippen LogP contribution is -2.30. The number of benzene rings is 1. The minimum absolute atomic E-state index is 0.0596. The lowest BCUT2D eigenvalue weighted by atomic mass is 10.2. The number of amides is 1. The minimum atomic E-state index is -0.977. The van der Waals surface area contributed by atoms with Crippen molar-refractivity contribution in [1.82, 2.24) is 15.3 Å². The fourth-order valence-corrected chi connectivity index (χ4v) is 1.83. The fourth-order valence-electron chi connectivity index (χ4n) is 1.83. The number of nitrogens with one attached hydrogen (secondary N) is 2. The highest BCUT2D eigenvalue weighted by Crippen LogP contribution is 2.19. The van der Waals surface area contributed by atoms with Crippen molar-refractivity contribution in [3.05, 3.63) is 42.2 Å². The molecule has 0 aliphatic heterocycles. The normalized spacial score (nSPS) is 10.1. The van der Waals surface area contributed by atoms with Gasteiger partial charge in [-0.1, -0.05) is 0 Å². The van der Waals surface area contributed by atoms with Gasteiger partial charge in [-0.25, -0.2) is 9.97 Å². The maximum absolute atomic E-state index is 11.5. The van der Waals surface area contributed by atoms with Gasteiger partial charge in [0.25, 0.3) is 5.91 Å². The number of carboxylic acids is 1. The summed E-state index contributed by atoms with van der Waals surface area (Å²) >= 11 is 0. The Hall–Kier alpha value is -3.49. The molecule has 9 nitrogen and oxygen atoms in total. The van der Waals surface area contributed by atoms with Crippen LogP contribution in [0.1, 0.15) is 12.0 Å². The highest BCUT2D eigenvalue weighted by Gasteiger charge is 2.06. The zero-order valence-corrected chi connectivity index (χ0v) is 13.2. The van der Waals surface area contributed by atoms with Gasteiger partial charge in [-0.3, -0.25) is 15.0 Å². The van der Waals surface area contributed by atoms with Crippen LogP contribution in [0.25, 0.3) is 11.4 Å². The van der Waals surface area contributed by atoms with E-state index in [1.165, 1.54) is 12.4 Å². The van der Waals surface area contributed by atoms with Gasteiger partial charge >= 0.3 is 5.97 Å². The van der Waals surface area contributed by atoms with Gasteiger partial charge < -0.3 is 20.9 Å². The Kier molecular flexibility index (Phi) is 5.99. The molecule has 0 bridgehead atoms. The number of nitrogen functional groups attached to an aromatic ring is 1. The van der Waals surface area contributed by atoms with Crippen molar-refractivity contribution in [1.29, 1.82) is 5.41 Å². The Morgan fingerprint density at radius 3 is 2.40 bits per heavy atom. The zero-order chi connectivity index (χ0) is 18.2. The molecule has 5 N–H and O–H groups in total. The molecule has 25 heavy (non-hydrogen) atoms. The Morgan fingerprint density at radius 2 is 1.84 bits per heavy atom. The molecule has 130 valence electrons. The van der Waals surface area contributed by atoms with Crippen LogP contribution in [-0.4, -0.2) is 45.9 Å². The molecule has 0 spiro atoms. The van der Waals surface area contributed by atoms with Crippen LogP contribution in [0.5, 0.6) is 5.75 Å². The quantitative estimate of drug-likeness (QED) is 0.400. The van der Waals surface area contributed by atoms with E-state index < -0.39 is 11.9 Å². The van der Waals surface area contributed by atoms with Gasteiger partial charge in [0.1, 0.15) is 11.6 Å². The summed E-state index contributed by atoms with van der Waals surface area (Å²) in [5.74, 6) is -0.513. The number of aromatic nitrogens is 2. The fraction of sp³-hybridized carbons (Fsp3) is 0.188. The highest BCUT2D eigenvalue weighted by molar-refractivity contribution is 5.94. The Morgan fingerprint density at radius 1 is 1.20 bits per heavy atom. The third-order valence-corrected chi connectivity index (χ3v) is 3.11. The van der Waals surface area contributed by atoms with Gasteiger partial charge in [-0.05, 0) is 24.3 Å². The average molecular weight is 343 g/mol. The summed E-state index contributed by atoms with van der Waals surface area (Å²) in [7, 11) is 0. The number of amidine groups is 1. The smallest absolute Gasteiger partial charge is 0.305 e. The second-order valence-electron chi connectivity index (χ2n) is 5.02. The molecule has 1 aromatic carbocycles. The zero-order valence-electron chi connectivity index (χ0n) is 13.2. The Balaban J connectivity index is 1.88. The second-order valence-corrected chi connectivity index (χ2v) is 5.02. The maximum Gasteiger partial charge on any atom is 0.305 e. The molecule has 1 heterocycles. The van der Waals surface area contributed by atoms with Crippen molar-refractivity contribution in [3.8, 4) is 17.1 Å². The van der Waals surface area contributed by atoms with E-state index in [-0.39, 0.29) is 25.4 Å². The van der Waals surface area contributed by atoms with Gasteiger partial charge in [0.05, 0.1) is 12.0 Å². The molecule has 2 aromatic rings. The van der Waals surface area contributed by atoms with E-state index in [1.54, 1.807) is 24.3 Å². The number of aliphatic carboxylic acids is 1. The van der Waals surface area contributed by atoms with E-state index in [4.69, 9.17) is 21.0 Å². The van der Waals surface area contributed by atoms with E-state index in [2.05, 4.69) is 15.3 Å². The number of nitrogens with two attached hydrogens (primary N) is 1. The number of carboxylic acid groups (broad SMARTS) is 1. The number of carbonyl (C=O) groups is 2. The number of hydrogen-bond acceptors (Lipinski definition) is 6.